The monoisotopic (exact) mass is 332 g/mol. The third kappa shape index (κ3) is 3.01. The second-order valence-electron chi connectivity index (χ2n) is 4.89. The Morgan fingerprint density at radius 2 is 2.00 bits per heavy atom. The lowest BCUT2D eigenvalue weighted by Gasteiger charge is -2.14. The number of hydrogen-bond donors (Lipinski definition) is 1. The van der Waals surface area contributed by atoms with Crippen LogP contribution in [0, 0.1) is 6.92 Å². The first-order chi connectivity index (χ1) is 10.2. The normalized spacial score (nSPS) is 13.6. The van der Waals surface area contributed by atoms with Gasteiger partial charge in [0.25, 0.3) is 0 Å². The van der Waals surface area contributed by atoms with Gasteiger partial charge in [0.1, 0.15) is 5.58 Å². The van der Waals surface area contributed by atoms with E-state index in [2.05, 4.69) is 0 Å². The van der Waals surface area contributed by atoms with E-state index in [9.17, 15) is 23.1 Å². The van der Waals surface area contributed by atoms with Crippen LogP contribution in [-0.4, -0.2) is 10.9 Å². The second kappa shape index (κ2) is 5.96. The Kier molecular flexibility index (Phi) is 4.58. The standard InChI is InChI=1S/C15H15F3O3S/c1-4-22-14-7(2)12(20)11-6-9(15(16,17)18)5-10(8(3)19)13(11)21-14/h5-6,8,19H,4H2,1-3H3/t8-/m0/s1. The number of benzene rings is 1. The van der Waals surface area contributed by atoms with Crippen LogP contribution in [0.1, 0.15) is 36.6 Å². The molecule has 7 heteroatoms. The van der Waals surface area contributed by atoms with Gasteiger partial charge in [0.15, 0.2) is 10.5 Å². The fraction of sp³-hybridized carbons (Fsp3) is 0.400. The van der Waals surface area contributed by atoms with Crippen LogP contribution in [-0.2, 0) is 6.18 Å². The number of halogens is 3. The van der Waals surface area contributed by atoms with Gasteiger partial charge in [-0.05, 0) is 31.7 Å². The summed E-state index contributed by atoms with van der Waals surface area (Å²) < 4.78 is 44.5. The molecular weight excluding hydrogens is 317 g/mol. The topological polar surface area (TPSA) is 50.4 Å². The molecule has 2 aromatic rings. The van der Waals surface area contributed by atoms with Crippen molar-refractivity contribution >= 4 is 22.7 Å². The zero-order valence-corrected chi connectivity index (χ0v) is 13.1. The molecule has 22 heavy (non-hydrogen) atoms. The van der Waals surface area contributed by atoms with Crippen LogP contribution in [0.5, 0.6) is 0 Å². The SMILES string of the molecule is CCSc1oc2c([C@H](C)O)cc(C(F)(F)F)cc2c(=O)c1C. The Balaban J connectivity index is 2.91. The average molecular weight is 332 g/mol. The van der Waals surface area contributed by atoms with Gasteiger partial charge in [-0.25, -0.2) is 0 Å². The molecule has 0 saturated heterocycles. The molecule has 1 aromatic carbocycles. The Labute approximate surface area is 129 Å². The van der Waals surface area contributed by atoms with Gasteiger partial charge >= 0.3 is 6.18 Å². The van der Waals surface area contributed by atoms with Crippen molar-refractivity contribution in [2.75, 3.05) is 5.75 Å². The van der Waals surface area contributed by atoms with Crippen molar-refractivity contribution in [3.8, 4) is 0 Å². The summed E-state index contributed by atoms with van der Waals surface area (Å²) in [5, 5.41) is 9.96. The number of rotatable bonds is 3. The second-order valence-corrected chi connectivity index (χ2v) is 6.13. The first-order valence-corrected chi connectivity index (χ1v) is 7.64. The van der Waals surface area contributed by atoms with Crippen molar-refractivity contribution in [3.05, 3.63) is 39.0 Å². The number of alkyl halides is 3. The smallest absolute Gasteiger partial charge is 0.416 e. The molecule has 2 rings (SSSR count). The van der Waals surface area contributed by atoms with Gasteiger partial charge in [-0.3, -0.25) is 4.79 Å². The summed E-state index contributed by atoms with van der Waals surface area (Å²) >= 11 is 1.29. The van der Waals surface area contributed by atoms with Crippen molar-refractivity contribution < 1.29 is 22.7 Å². The van der Waals surface area contributed by atoms with Crippen LogP contribution in [0.2, 0.25) is 0 Å². The fourth-order valence-corrected chi connectivity index (χ4v) is 2.85. The van der Waals surface area contributed by atoms with Gasteiger partial charge in [0.05, 0.1) is 17.1 Å². The largest absolute Gasteiger partial charge is 0.449 e. The highest BCUT2D eigenvalue weighted by atomic mass is 32.2. The van der Waals surface area contributed by atoms with E-state index in [0.717, 1.165) is 12.1 Å². The van der Waals surface area contributed by atoms with E-state index in [1.165, 1.54) is 25.6 Å². The Morgan fingerprint density at radius 1 is 1.36 bits per heavy atom. The van der Waals surface area contributed by atoms with Gasteiger partial charge in [0.2, 0.25) is 0 Å². The van der Waals surface area contributed by atoms with Gasteiger partial charge < -0.3 is 9.52 Å². The maximum Gasteiger partial charge on any atom is 0.416 e. The van der Waals surface area contributed by atoms with Crippen LogP contribution < -0.4 is 5.43 Å². The molecule has 0 aliphatic rings. The molecule has 1 heterocycles. The predicted octanol–water partition coefficient (Wildman–Crippen LogP) is 4.29. The Bertz CT molecular complexity index is 763. The van der Waals surface area contributed by atoms with Crippen LogP contribution in [0.3, 0.4) is 0 Å². The summed E-state index contributed by atoms with van der Waals surface area (Å²) in [5.74, 6) is 0.653. The molecule has 0 unspecified atom stereocenters. The summed E-state index contributed by atoms with van der Waals surface area (Å²) in [4.78, 5) is 12.4. The number of thioether (sulfide) groups is 1. The van der Waals surface area contributed by atoms with Crippen LogP contribution >= 0.6 is 11.8 Å². The molecule has 1 aromatic heterocycles. The summed E-state index contributed by atoms with van der Waals surface area (Å²) in [6.45, 7) is 4.73. The van der Waals surface area contributed by atoms with Gasteiger partial charge in [-0.1, -0.05) is 18.7 Å². The minimum Gasteiger partial charge on any atom is -0.449 e. The molecule has 0 amide bonds. The molecule has 3 nitrogen and oxygen atoms in total. The van der Waals surface area contributed by atoms with Crippen LogP contribution in [0.15, 0.2) is 26.4 Å². The number of hydrogen-bond acceptors (Lipinski definition) is 4. The van der Waals surface area contributed by atoms with Crippen LogP contribution in [0.25, 0.3) is 11.0 Å². The van der Waals surface area contributed by atoms with Crippen molar-refractivity contribution in [2.24, 2.45) is 0 Å². The van der Waals surface area contributed by atoms with Gasteiger partial charge in [-0.2, -0.15) is 13.2 Å². The number of fused-ring (bicyclic) bond motifs is 1. The lowest BCUT2D eigenvalue weighted by molar-refractivity contribution is -0.137. The van der Waals surface area contributed by atoms with E-state index in [0.29, 0.717) is 10.8 Å². The number of aliphatic hydroxyl groups is 1. The van der Waals surface area contributed by atoms with Gasteiger partial charge in [-0.15, -0.1) is 0 Å². The molecule has 1 N–H and O–H groups in total. The lowest BCUT2D eigenvalue weighted by Crippen LogP contribution is -2.13. The third-order valence-corrected chi connectivity index (χ3v) is 4.20. The first kappa shape index (κ1) is 16.9. The van der Waals surface area contributed by atoms with Crippen molar-refractivity contribution in [1.29, 1.82) is 0 Å². The lowest BCUT2D eigenvalue weighted by atomic mass is 10.0. The van der Waals surface area contributed by atoms with E-state index in [-0.39, 0.29) is 22.1 Å². The first-order valence-electron chi connectivity index (χ1n) is 6.66. The molecule has 1 atom stereocenters. The fourth-order valence-electron chi connectivity index (χ4n) is 2.14. The zero-order chi connectivity index (χ0) is 16.7. The van der Waals surface area contributed by atoms with Crippen molar-refractivity contribution in [1.82, 2.24) is 0 Å². The molecule has 0 bridgehead atoms. The van der Waals surface area contributed by atoms with Crippen molar-refractivity contribution in [2.45, 2.75) is 38.1 Å². The molecule has 0 aliphatic carbocycles. The molecule has 0 radical (unpaired) electrons. The van der Waals surface area contributed by atoms with Crippen molar-refractivity contribution in [3.63, 3.8) is 0 Å². The molecular formula is C15H15F3O3S. The van der Waals surface area contributed by atoms with E-state index >= 15 is 0 Å². The molecule has 0 spiro atoms. The van der Waals surface area contributed by atoms with E-state index in [1.807, 2.05) is 6.92 Å². The highest BCUT2D eigenvalue weighted by molar-refractivity contribution is 7.99. The summed E-state index contributed by atoms with van der Waals surface area (Å²) in [5.41, 5.74) is -1.24. The average Bonchev–Trinajstić information content (AvgIpc) is 2.42. The maximum absolute atomic E-state index is 13.0. The quantitative estimate of drug-likeness (QED) is 0.852. The van der Waals surface area contributed by atoms with Gasteiger partial charge in [0, 0.05) is 11.1 Å². The minimum absolute atomic E-state index is 0.00884. The Hall–Kier alpha value is -1.47. The zero-order valence-electron chi connectivity index (χ0n) is 12.2. The summed E-state index contributed by atoms with van der Waals surface area (Å²) in [6.07, 6.45) is -5.79. The summed E-state index contributed by atoms with van der Waals surface area (Å²) in [7, 11) is 0. The van der Waals surface area contributed by atoms with E-state index in [4.69, 9.17) is 4.42 Å². The molecule has 120 valence electrons. The highest BCUT2D eigenvalue weighted by Gasteiger charge is 2.33. The van der Waals surface area contributed by atoms with Crippen LogP contribution in [0.4, 0.5) is 13.2 Å². The molecule has 0 saturated carbocycles. The third-order valence-electron chi connectivity index (χ3n) is 3.26. The maximum atomic E-state index is 13.0. The predicted molar refractivity (Wildman–Crippen MR) is 79.3 cm³/mol. The molecule has 0 fully saturated rings. The Morgan fingerprint density at radius 3 is 2.50 bits per heavy atom. The number of aliphatic hydroxyl groups excluding tert-OH is 1. The molecule has 0 aliphatic heterocycles. The van der Waals surface area contributed by atoms with E-state index < -0.39 is 23.3 Å². The van der Waals surface area contributed by atoms with E-state index in [1.54, 1.807) is 0 Å². The summed E-state index contributed by atoms with van der Waals surface area (Å²) in [6, 6.07) is 1.60. The minimum atomic E-state index is -4.60. The highest BCUT2D eigenvalue weighted by Crippen LogP contribution is 2.36.